The molecule has 0 amide bonds. The van der Waals surface area contributed by atoms with E-state index in [0.29, 0.717) is 19.4 Å². The first-order valence-electron chi connectivity index (χ1n) is 6.52. The lowest BCUT2D eigenvalue weighted by atomic mass is 9.89. The number of aliphatic hydroxyl groups is 1. The Morgan fingerprint density at radius 2 is 1.78 bits per heavy atom. The molecule has 0 aliphatic heterocycles. The minimum Gasteiger partial charge on any atom is -0.391 e. The second-order valence-corrected chi connectivity index (χ2v) is 8.94. The average Bonchev–Trinajstić information content (AvgIpc) is 2.13. The van der Waals surface area contributed by atoms with Crippen LogP contribution in [0.1, 0.15) is 47.5 Å². The van der Waals surface area contributed by atoms with E-state index in [9.17, 15) is 13.5 Å². The van der Waals surface area contributed by atoms with Crippen molar-refractivity contribution in [3.8, 4) is 0 Å². The Labute approximate surface area is 112 Å². The van der Waals surface area contributed by atoms with Crippen molar-refractivity contribution in [1.82, 2.24) is 0 Å². The summed E-state index contributed by atoms with van der Waals surface area (Å²) < 4.78 is 28.3. The van der Waals surface area contributed by atoms with Gasteiger partial charge in [-0.1, -0.05) is 20.8 Å². The fraction of sp³-hybridized carbons (Fsp3) is 1.00. The van der Waals surface area contributed by atoms with Crippen LogP contribution in [-0.4, -0.2) is 43.8 Å². The van der Waals surface area contributed by atoms with E-state index in [1.165, 1.54) is 0 Å². The van der Waals surface area contributed by atoms with E-state index >= 15 is 0 Å². The lowest BCUT2D eigenvalue weighted by molar-refractivity contribution is 0.0166. The molecule has 4 nitrogen and oxygen atoms in total. The van der Waals surface area contributed by atoms with Crippen LogP contribution < -0.4 is 0 Å². The van der Waals surface area contributed by atoms with Crippen molar-refractivity contribution in [2.24, 2.45) is 5.41 Å². The molecule has 5 heteroatoms. The SMILES string of the molecule is CC(C)S(=O)(=O)CCCOCC(O)CC(C)(C)C. The van der Waals surface area contributed by atoms with E-state index < -0.39 is 15.9 Å². The molecule has 0 aromatic rings. The Kier molecular flexibility index (Phi) is 7.40. The fourth-order valence-electron chi connectivity index (χ4n) is 1.58. The molecule has 110 valence electrons. The fourth-order valence-corrected chi connectivity index (χ4v) is 2.57. The molecule has 0 saturated carbocycles. The largest absolute Gasteiger partial charge is 0.391 e. The van der Waals surface area contributed by atoms with Crippen LogP contribution in [0.25, 0.3) is 0 Å². The van der Waals surface area contributed by atoms with Gasteiger partial charge in [-0.3, -0.25) is 0 Å². The summed E-state index contributed by atoms with van der Waals surface area (Å²) in [4.78, 5) is 0. The van der Waals surface area contributed by atoms with Crippen molar-refractivity contribution in [3.05, 3.63) is 0 Å². The minimum atomic E-state index is -2.97. The van der Waals surface area contributed by atoms with Gasteiger partial charge in [-0.2, -0.15) is 0 Å². The first-order valence-corrected chi connectivity index (χ1v) is 8.23. The van der Waals surface area contributed by atoms with Crippen LogP contribution >= 0.6 is 0 Å². The Hall–Kier alpha value is -0.130. The predicted octanol–water partition coefficient (Wildman–Crippen LogP) is 2.01. The van der Waals surface area contributed by atoms with Crippen LogP contribution in [0.5, 0.6) is 0 Å². The summed E-state index contributed by atoms with van der Waals surface area (Å²) in [6.07, 6.45) is 0.687. The van der Waals surface area contributed by atoms with Gasteiger partial charge in [0.15, 0.2) is 9.84 Å². The lowest BCUT2D eigenvalue weighted by Gasteiger charge is -2.22. The van der Waals surface area contributed by atoms with Crippen LogP contribution in [-0.2, 0) is 14.6 Å². The van der Waals surface area contributed by atoms with Gasteiger partial charge in [0.05, 0.1) is 23.7 Å². The number of ether oxygens (including phenoxy) is 1. The molecule has 0 radical (unpaired) electrons. The molecule has 1 unspecified atom stereocenters. The molecule has 0 heterocycles. The van der Waals surface area contributed by atoms with Gasteiger partial charge in [0, 0.05) is 6.61 Å². The molecule has 1 N–H and O–H groups in total. The molecule has 0 rings (SSSR count). The molecule has 1 atom stereocenters. The van der Waals surface area contributed by atoms with Crippen molar-refractivity contribution in [3.63, 3.8) is 0 Å². The molecule has 0 aliphatic rings. The molecule has 0 spiro atoms. The van der Waals surface area contributed by atoms with E-state index in [4.69, 9.17) is 4.74 Å². The van der Waals surface area contributed by atoms with Crippen molar-refractivity contribution in [2.45, 2.75) is 58.8 Å². The maximum Gasteiger partial charge on any atom is 0.152 e. The molecule has 0 aromatic heterocycles. The highest BCUT2D eigenvalue weighted by Gasteiger charge is 2.17. The molecule has 18 heavy (non-hydrogen) atoms. The highest BCUT2D eigenvalue weighted by molar-refractivity contribution is 7.91. The van der Waals surface area contributed by atoms with Crippen molar-refractivity contribution in [1.29, 1.82) is 0 Å². The van der Waals surface area contributed by atoms with Crippen LogP contribution in [0, 0.1) is 5.41 Å². The maximum absolute atomic E-state index is 11.5. The zero-order valence-electron chi connectivity index (χ0n) is 12.3. The summed E-state index contributed by atoms with van der Waals surface area (Å²) >= 11 is 0. The summed E-state index contributed by atoms with van der Waals surface area (Å²) in [5.74, 6) is 0.153. The Morgan fingerprint density at radius 1 is 1.22 bits per heavy atom. The van der Waals surface area contributed by atoms with Crippen molar-refractivity contribution < 1.29 is 18.3 Å². The van der Waals surface area contributed by atoms with Crippen LogP contribution in [0.2, 0.25) is 0 Å². The molecule has 0 fully saturated rings. The third-order valence-corrected chi connectivity index (χ3v) is 4.89. The summed E-state index contributed by atoms with van der Waals surface area (Å²) in [6, 6.07) is 0. The predicted molar refractivity (Wildman–Crippen MR) is 74.4 cm³/mol. The summed E-state index contributed by atoms with van der Waals surface area (Å²) in [7, 11) is -2.97. The summed E-state index contributed by atoms with van der Waals surface area (Å²) in [5, 5.41) is 9.36. The van der Waals surface area contributed by atoms with Crippen LogP contribution in [0.15, 0.2) is 0 Å². The van der Waals surface area contributed by atoms with Gasteiger partial charge in [-0.25, -0.2) is 8.42 Å². The standard InChI is InChI=1S/C13H28O4S/c1-11(2)18(15,16)8-6-7-17-10-12(14)9-13(3,4)5/h11-12,14H,6-10H2,1-5H3. The van der Waals surface area contributed by atoms with E-state index in [0.717, 1.165) is 0 Å². The van der Waals surface area contributed by atoms with E-state index in [2.05, 4.69) is 20.8 Å². The lowest BCUT2D eigenvalue weighted by Crippen LogP contribution is -2.23. The van der Waals surface area contributed by atoms with Gasteiger partial charge < -0.3 is 9.84 Å². The zero-order valence-corrected chi connectivity index (χ0v) is 13.1. The first kappa shape index (κ1) is 17.9. The summed E-state index contributed by atoms with van der Waals surface area (Å²) in [5.41, 5.74) is 0.0732. The number of hydrogen-bond acceptors (Lipinski definition) is 4. The van der Waals surface area contributed by atoms with Gasteiger partial charge in [-0.05, 0) is 32.1 Å². The molecule has 0 bridgehead atoms. The van der Waals surface area contributed by atoms with Gasteiger partial charge in [0.25, 0.3) is 0 Å². The van der Waals surface area contributed by atoms with Crippen molar-refractivity contribution >= 4 is 9.84 Å². The van der Waals surface area contributed by atoms with Crippen LogP contribution in [0.4, 0.5) is 0 Å². The molecule has 0 aromatic carbocycles. The third-order valence-electron chi connectivity index (χ3n) is 2.59. The highest BCUT2D eigenvalue weighted by Crippen LogP contribution is 2.20. The van der Waals surface area contributed by atoms with Gasteiger partial charge >= 0.3 is 0 Å². The maximum atomic E-state index is 11.5. The number of aliphatic hydroxyl groups excluding tert-OH is 1. The average molecular weight is 280 g/mol. The first-order chi connectivity index (χ1) is 8.04. The molecular weight excluding hydrogens is 252 g/mol. The Balaban J connectivity index is 3.70. The highest BCUT2D eigenvalue weighted by atomic mass is 32.2. The minimum absolute atomic E-state index is 0.0732. The Bertz CT molecular complexity index is 314. The van der Waals surface area contributed by atoms with Crippen molar-refractivity contribution in [2.75, 3.05) is 19.0 Å². The molecule has 0 aliphatic carbocycles. The van der Waals surface area contributed by atoms with Crippen LogP contribution in [0.3, 0.4) is 0 Å². The molecular formula is C13H28O4S. The zero-order chi connectivity index (χ0) is 14.4. The van der Waals surface area contributed by atoms with Gasteiger partial charge in [0.1, 0.15) is 0 Å². The number of sulfone groups is 1. The van der Waals surface area contributed by atoms with Gasteiger partial charge in [0.2, 0.25) is 0 Å². The normalized spacial score (nSPS) is 15.1. The number of hydrogen-bond donors (Lipinski definition) is 1. The smallest absolute Gasteiger partial charge is 0.152 e. The van der Waals surface area contributed by atoms with E-state index in [-0.39, 0.29) is 23.0 Å². The van der Waals surface area contributed by atoms with E-state index in [1.807, 2.05) is 0 Å². The van der Waals surface area contributed by atoms with E-state index in [1.54, 1.807) is 13.8 Å². The third kappa shape index (κ3) is 8.89. The quantitative estimate of drug-likeness (QED) is 0.691. The summed E-state index contributed by atoms with van der Waals surface area (Å²) in [6.45, 7) is 10.2. The second kappa shape index (κ2) is 7.46. The van der Waals surface area contributed by atoms with Gasteiger partial charge in [-0.15, -0.1) is 0 Å². The number of rotatable bonds is 8. The molecule has 0 saturated heterocycles. The monoisotopic (exact) mass is 280 g/mol. The Morgan fingerprint density at radius 3 is 2.22 bits per heavy atom. The topological polar surface area (TPSA) is 63.6 Å². The second-order valence-electron chi connectivity index (χ2n) is 6.26.